The van der Waals surface area contributed by atoms with Crippen molar-refractivity contribution in [2.75, 3.05) is 25.4 Å². The second-order valence-electron chi connectivity index (χ2n) is 7.81. The van der Waals surface area contributed by atoms with Gasteiger partial charge in [-0.15, -0.1) is 0 Å². The van der Waals surface area contributed by atoms with Crippen LogP contribution in [0.5, 0.6) is 0 Å². The third-order valence-corrected chi connectivity index (χ3v) is 5.32. The molecule has 2 amide bonds. The molecule has 1 fully saturated rings. The van der Waals surface area contributed by atoms with Gasteiger partial charge in [-0.25, -0.2) is 0 Å². The van der Waals surface area contributed by atoms with Crippen molar-refractivity contribution in [3.63, 3.8) is 0 Å². The van der Waals surface area contributed by atoms with E-state index in [2.05, 4.69) is 10.6 Å². The van der Waals surface area contributed by atoms with Crippen LogP contribution in [0.4, 0.5) is 0 Å². The lowest BCUT2D eigenvalue weighted by molar-refractivity contribution is -0.168. The molecular formula is C18H30N2O6S. The summed E-state index contributed by atoms with van der Waals surface area (Å²) in [7, 11) is 0. The van der Waals surface area contributed by atoms with Crippen molar-refractivity contribution in [2.24, 2.45) is 5.41 Å². The zero-order valence-electron chi connectivity index (χ0n) is 16.7. The number of thioether (sulfide) groups is 1. The summed E-state index contributed by atoms with van der Waals surface area (Å²) in [5.74, 6) is -0.983. The molecule has 0 unspecified atom stereocenters. The molecule has 1 aliphatic rings. The van der Waals surface area contributed by atoms with E-state index in [4.69, 9.17) is 9.47 Å². The monoisotopic (exact) mass is 402 g/mol. The summed E-state index contributed by atoms with van der Waals surface area (Å²) in [6.45, 7) is 9.00. The van der Waals surface area contributed by atoms with Gasteiger partial charge in [0, 0.05) is 42.3 Å². The van der Waals surface area contributed by atoms with Crippen LogP contribution >= 0.6 is 11.8 Å². The van der Waals surface area contributed by atoms with Crippen molar-refractivity contribution >= 4 is 35.5 Å². The maximum Gasteiger partial charge on any atom is 0.307 e. The summed E-state index contributed by atoms with van der Waals surface area (Å²) in [4.78, 5) is 48.0. The molecule has 1 rings (SSSR count). The highest BCUT2D eigenvalue weighted by Crippen LogP contribution is 2.30. The maximum atomic E-state index is 12.6. The molecule has 0 saturated carbocycles. The van der Waals surface area contributed by atoms with Crippen LogP contribution < -0.4 is 10.6 Å². The molecule has 0 radical (unpaired) electrons. The van der Waals surface area contributed by atoms with Crippen molar-refractivity contribution in [3.05, 3.63) is 0 Å². The van der Waals surface area contributed by atoms with Gasteiger partial charge in [0.05, 0.1) is 6.42 Å². The van der Waals surface area contributed by atoms with Crippen molar-refractivity contribution in [1.82, 2.24) is 10.6 Å². The van der Waals surface area contributed by atoms with E-state index in [-0.39, 0.29) is 31.9 Å². The average molecular weight is 403 g/mol. The third-order valence-electron chi connectivity index (χ3n) is 3.98. The second-order valence-corrected chi connectivity index (χ2v) is 9.62. The Bertz CT molecular complexity index is 576. The van der Waals surface area contributed by atoms with Crippen LogP contribution in [0.1, 0.15) is 47.5 Å². The molecule has 9 heteroatoms. The zero-order chi connectivity index (χ0) is 20.7. The van der Waals surface area contributed by atoms with Gasteiger partial charge in [0.25, 0.3) is 5.91 Å². The van der Waals surface area contributed by atoms with E-state index in [9.17, 15) is 19.2 Å². The first kappa shape index (κ1) is 23.3. The Morgan fingerprint density at radius 2 is 1.93 bits per heavy atom. The Morgan fingerprint density at radius 1 is 1.26 bits per heavy atom. The fourth-order valence-corrected chi connectivity index (χ4v) is 3.48. The van der Waals surface area contributed by atoms with Gasteiger partial charge in [-0.3, -0.25) is 19.2 Å². The minimum absolute atomic E-state index is 0.0771. The van der Waals surface area contributed by atoms with Crippen LogP contribution in [-0.4, -0.2) is 60.1 Å². The standard InChI is InChI=1S/C18H30N2O6S/c1-12(21)25-11-17(2,3)15-16(24)20-7-6-13(22)19-8-9-27-18(4,5)10-14(23)26-15/h15H,6-11H2,1-5H3,(H,19,22)(H,20,24)/t15-/m0/s1. The highest BCUT2D eigenvalue weighted by atomic mass is 32.2. The van der Waals surface area contributed by atoms with Gasteiger partial charge in [-0.2, -0.15) is 11.8 Å². The normalized spacial score (nSPS) is 22.7. The van der Waals surface area contributed by atoms with Crippen molar-refractivity contribution < 1.29 is 28.7 Å². The first-order chi connectivity index (χ1) is 12.4. The Balaban J connectivity index is 2.98. The number of hydrogen-bond donors (Lipinski definition) is 2. The largest absolute Gasteiger partial charge is 0.465 e. The number of esters is 2. The Kier molecular flexibility index (Phi) is 8.59. The fraction of sp³-hybridized carbons (Fsp3) is 0.778. The van der Waals surface area contributed by atoms with Crippen LogP contribution in [0, 0.1) is 5.41 Å². The third kappa shape index (κ3) is 8.64. The minimum Gasteiger partial charge on any atom is -0.465 e. The molecule has 0 spiro atoms. The van der Waals surface area contributed by atoms with E-state index < -0.39 is 34.1 Å². The quantitative estimate of drug-likeness (QED) is 0.678. The molecule has 27 heavy (non-hydrogen) atoms. The molecule has 1 aliphatic heterocycles. The number of rotatable bonds is 3. The summed E-state index contributed by atoms with van der Waals surface area (Å²) >= 11 is 1.55. The van der Waals surface area contributed by atoms with Crippen LogP contribution in [0.25, 0.3) is 0 Å². The number of amides is 2. The molecule has 0 bridgehead atoms. The van der Waals surface area contributed by atoms with Crippen molar-refractivity contribution in [1.29, 1.82) is 0 Å². The van der Waals surface area contributed by atoms with Gasteiger partial charge < -0.3 is 20.1 Å². The number of cyclic esters (lactones) is 1. The Morgan fingerprint density at radius 3 is 2.56 bits per heavy atom. The van der Waals surface area contributed by atoms with E-state index in [0.717, 1.165) is 0 Å². The highest BCUT2D eigenvalue weighted by Gasteiger charge is 2.40. The number of ether oxygens (including phenoxy) is 2. The van der Waals surface area contributed by atoms with E-state index in [1.165, 1.54) is 6.92 Å². The zero-order valence-corrected chi connectivity index (χ0v) is 17.5. The summed E-state index contributed by atoms with van der Waals surface area (Å²) in [6.07, 6.45) is -0.902. The molecular weight excluding hydrogens is 372 g/mol. The SMILES string of the molecule is CC(=O)OCC(C)(C)[C@H]1OC(=O)CC(C)(C)SCCNC(=O)CCNC1=O. The van der Waals surface area contributed by atoms with Gasteiger partial charge in [0.1, 0.15) is 6.61 Å². The molecule has 8 nitrogen and oxygen atoms in total. The molecule has 0 aromatic rings. The molecule has 1 saturated heterocycles. The van der Waals surface area contributed by atoms with Crippen LogP contribution in [0.3, 0.4) is 0 Å². The number of hydrogen-bond acceptors (Lipinski definition) is 7. The van der Waals surface area contributed by atoms with Gasteiger partial charge in [0.2, 0.25) is 5.91 Å². The van der Waals surface area contributed by atoms with E-state index in [0.29, 0.717) is 12.3 Å². The van der Waals surface area contributed by atoms with E-state index in [1.807, 2.05) is 13.8 Å². The second kappa shape index (κ2) is 9.96. The van der Waals surface area contributed by atoms with Crippen LogP contribution in [0.15, 0.2) is 0 Å². The molecule has 1 atom stereocenters. The summed E-state index contributed by atoms with van der Waals surface area (Å²) in [6, 6.07) is 0. The maximum absolute atomic E-state index is 12.6. The van der Waals surface area contributed by atoms with Gasteiger partial charge >= 0.3 is 11.9 Å². The van der Waals surface area contributed by atoms with Crippen LogP contribution in [0.2, 0.25) is 0 Å². The van der Waals surface area contributed by atoms with Gasteiger partial charge in [0.15, 0.2) is 6.10 Å². The molecule has 2 N–H and O–H groups in total. The fourth-order valence-electron chi connectivity index (χ4n) is 2.50. The summed E-state index contributed by atoms with van der Waals surface area (Å²) in [5.41, 5.74) is -0.929. The Labute approximate surface area is 164 Å². The molecule has 0 aromatic carbocycles. The first-order valence-corrected chi connectivity index (χ1v) is 9.93. The molecule has 0 aromatic heterocycles. The number of nitrogens with one attached hydrogen (secondary N) is 2. The van der Waals surface area contributed by atoms with Crippen molar-refractivity contribution in [3.8, 4) is 0 Å². The number of carbonyl (C=O) groups excluding carboxylic acids is 4. The lowest BCUT2D eigenvalue weighted by atomic mass is 9.86. The molecule has 154 valence electrons. The average Bonchev–Trinajstić information content (AvgIpc) is 2.53. The van der Waals surface area contributed by atoms with Crippen LogP contribution in [-0.2, 0) is 28.7 Å². The van der Waals surface area contributed by atoms with Crippen molar-refractivity contribution in [2.45, 2.75) is 58.3 Å². The minimum atomic E-state index is -1.14. The molecule has 0 aliphatic carbocycles. The summed E-state index contributed by atoms with van der Waals surface area (Å²) in [5, 5.41) is 5.42. The lowest BCUT2D eigenvalue weighted by Gasteiger charge is -2.33. The highest BCUT2D eigenvalue weighted by molar-refractivity contribution is 8.00. The lowest BCUT2D eigenvalue weighted by Crippen LogP contribution is -2.49. The van der Waals surface area contributed by atoms with E-state index >= 15 is 0 Å². The van der Waals surface area contributed by atoms with Gasteiger partial charge in [-0.05, 0) is 0 Å². The predicted molar refractivity (Wildman–Crippen MR) is 102 cm³/mol. The van der Waals surface area contributed by atoms with Gasteiger partial charge in [-0.1, -0.05) is 27.7 Å². The number of carbonyl (C=O) groups is 4. The summed E-state index contributed by atoms with van der Waals surface area (Å²) < 4.78 is 10.1. The first-order valence-electron chi connectivity index (χ1n) is 8.94. The molecule has 1 heterocycles. The Hall–Kier alpha value is -1.77. The topological polar surface area (TPSA) is 111 Å². The van der Waals surface area contributed by atoms with E-state index in [1.54, 1.807) is 25.6 Å². The predicted octanol–water partition coefficient (Wildman–Crippen LogP) is 1.03. The smallest absolute Gasteiger partial charge is 0.307 e.